The van der Waals surface area contributed by atoms with Crippen LogP contribution < -0.4 is 16.2 Å². The Hall–Kier alpha value is -2.37. The minimum Gasteiger partial charge on any atom is -0.326 e. The molecule has 1 aromatic carbocycles. The lowest BCUT2D eigenvalue weighted by Gasteiger charge is -2.20. The number of rotatable bonds is 4. The zero-order chi connectivity index (χ0) is 16.9. The van der Waals surface area contributed by atoms with Gasteiger partial charge in [0.1, 0.15) is 0 Å². The summed E-state index contributed by atoms with van der Waals surface area (Å²) in [5, 5.41) is 2.82. The number of amides is 3. The third-order valence-electron chi connectivity index (χ3n) is 4.64. The lowest BCUT2D eigenvalue weighted by molar-refractivity contribution is -0.126. The van der Waals surface area contributed by atoms with Gasteiger partial charge in [-0.15, -0.1) is 0 Å². The van der Waals surface area contributed by atoms with Crippen LogP contribution in [-0.2, 0) is 9.59 Å². The Morgan fingerprint density at radius 2 is 1.38 bits per heavy atom. The van der Waals surface area contributed by atoms with Crippen molar-refractivity contribution >= 4 is 23.4 Å². The van der Waals surface area contributed by atoms with E-state index in [4.69, 9.17) is 0 Å². The molecular weight excluding hydrogens is 306 g/mol. The van der Waals surface area contributed by atoms with Gasteiger partial charge in [-0.2, -0.15) is 0 Å². The first-order chi connectivity index (χ1) is 11.6. The van der Waals surface area contributed by atoms with Gasteiger partial charge in [0.05, 0.1) is 0 Å². The summed E-state index contributed by atoms with van der Waals surface area (Å²) in [5.74, 6) is -0.301. The zero-order valence-electron chi connectivity index (χ0n) is 13.6. The largest absolute Gasteiger partial charge is 0.326 e. The number of nitrogens with one attached hydrogen (secondary N) is 3. The van der Waals surface area contributed by atoms with E-state index in [1.165, 1.54) is 6.42 Å². The van der Waals surface area contributed by atoms with Gasteiger partial charge in [-0.25, -0.2) is 0 Å². The zero-order valence-corrected chi connectivity index (χ0v) is 13.6. The molecule has 2 aliphatic carbocycles. The molecule has 0 aromatic heterocycles. The topological polar surface area (TPSA) is 87.3 Å². The van der Waals surface area contributed by atoms with Crippen LogP contribution in [0.2, 0.25) is 0 Å². The summed E-state index contributed by atoms with van der Waals surface area (Å²) < 4.78 is 0. The van der Waals surface area contributed by atoms with Crippen LogP contribution in [0.5, 0.6) is 0 Å². The van der Waals surface area contributed by atoms with Crippen molar-refractivity contribution in [3.8, 4) is 0 Å². The maximum absolute atomic E-state index is 12.1. The maximum atomic E-state index is 12.1. The van der Waals surface area contributed by atoms with E-state index in [9.17, 15) is 14.4 Å². The van der Waals surface area contributed by atoms with Crippen LogP contribution in [-0.4, -0.2) is 17.7 Å². The van der Waals surface area contributed by atoms with Crippen LogP contribution in [0.3, 0.4) is 0 Å². The SMILES string of the molecule is O=C(NNC(=O)C1CCCCC1)c1ccc(NC(=O)C2CC2)cc1. The second-order valence-electron chi connectivity index (χ2n) is 6.62. The van der Waals surface area contributed by atoms with E-state index in [0.29, 0.717) is 11.3 Å². The van der Waals surface area contributed by atoms with Crippen molar-refractivity contribution in [3.63, 3.8) is 0 Å². The molecular formula is C18H23N3O3. The van der Waals surface area contributed by atoms with Gasteiger partial charge in [-0.1, -0.05) is 19.3 Å². The highest BCUT2D eigenvalue weighted by Crippen LogP contribution is 2.30. The van der Waals surface area contributed by atoms with E-state index >= 15 is 0 Å². The Bertz CT molecular complexity index is 617. The van der Waals surface area contributed by atoms with Gasteiger partial charge in [0.25, 0.3) is 5.91 Å². The fourth-order valence-electron chi connectivity index (χ4n) is 2.95. The number of anilines is 1. The van der Waals surface area contributed by atoms with E-state index in [0.717, 1.165) is 38.5 Å². The number of hydrazine groups is 1. The molecule has 0 aliphatic heterocycles. The molecule has 0 radical (unpaired) electrons. The molecule has 2 fully saturated rings. The fraction of sp³-hybridized carbons (Fsp3) is 0.500. The number of carbonyl (C=O) groups excluding carboxylic acids is 3. The van der Waals surface area contributed by atoms with E-state index in [-0.39, 0.29) is 29.6 Å². The van der Waals surface area contributed by atoms with Crippen molar-refractivity contribution in [2.45, 2.75) is 44.9 Å². The van der Waals surface area contributed by atoms with Gasteiger partial charge < -0.3 is 5.32 Å². The van der Waals surface area contributed by atoms with Crippen LogP contribution in [0, 0.1) is 11.8 Å². The minimum atomic E-state index is -0.362. The predicted molar refractivity (Wildman–Crippen MR) is 90.0 cm³/mol. The smallest absolute Gasteiger partial charge is 0.269 e. The van der Waals surface area contributed by atoms with Crippen molar-refractivity contribution in [3.05, 3.63) is 29.8 Å². The number of benzene rings is 1. The lowest BCUT2D eigenvalue weighted by Crippen LogP contribution is -2.44. The average Bonchev–Trinajstić information content (AvgIpc) is 3.46. The summed E-state index contributed by atoms with van der Waals surface area (Å²) in [7, 11) is 0. The highest BCUT2D eigenvalue weighted by atomic mass is 16.2. The molecule has 3 N–H and O–H groups in total. The van der Waals surface area contributed by atoms with Gasteiger partial charge in [-0.05, 0) is 49.9 Å². The Morgan fingerprint density at radius 3 is 2.00 bits per heavy atom. The van der Waals surface area contributed by atoms with Gasteiger partial charge in [-0.3, -0.25) is 25.2 Å². The summed E-state index contributed by atoms with van der Waals surface area (Å²) in [4.78, 5) is 35.8. The maximum Gasteiger partial charge on any atom is 0.269 e. The van der Waals surface area contributed by atoms with E-state index in [1.54, 1.807) is 24.3 Å². The third kappa shape index (κ3) is 4.34. The second kappa shape index (κ2) is 7.47. The molecule has 24 heavy (non-hydrogen) atoms. The molecule has 0 atom stereocenters. The first-order valence-electron chi connectivity index (χ1n) is 8.64. The van der Waals surface area contributed by atoms with Crippen molar-refractivity contribution < 1.29 is 14.4 Å². The van der Waals surface area contributed by atoms with Crippen molar-refractivity contribution in [2.75, 3.05) is 5.32 Å². The monoisotopic (exact) mass is 329 g/mol. The standard InChI is InChI=1S/C18H23N3O3/c22-16(13-6-7-13)19-15-10-8-14(9-11-15)18(24)21-20-17(23)12-4-2-1-3-5-12/h8-13H,1-7H2,(H,19,22)(H,20,23)(H,21,24). The van der Waals surface area contributed by atoms with E-state index < -0.39 is 0 Å². The summed E-state index contributed by atoms with van der Waals surface area (Å²) in [6, 6.07) is 6.64. The molecule has 6 heteroatoms. The Morgan fingerprint density at radius 1 is 0.750 bits per heavy atom. The summed E-state index contributed by atoms with van der Waals surface area (Å²) in [5.41, 5.74) is 6.08. The summed E-state index contributed by atoms with van der Waals surface area (Å²) in [6.07, 6.45) is 6.99. The number of carbonyl (C=O) groups is 3. The van der Waals surface area contributed by atoms with Crippen LogP contribution in [0.1, 0.15) is 55.3 Å². The van der Waals surface area contributed by atoms with E-state index in [2.05, 4.69) is 16.2 Å². The highest BCUT2D eigenvalue weighted by molar-refractivity contribution is 5.97. The fourth-order valence-corrected chi connectivity index (χ4v) is 2.95. The van der Waals surface area contributed by atoms with Gasteiger partial charge in [0, 0.05) is 23.1 Å². The molecule has 3 amide bonds. The highest BCUT2D eigenvalue weighted by Gasteiger charge is 2.29. The Kier molecular flexibility index (Phi) is 5.13. The Balaban J connectivity index is 1.47. The first-order valence-corrected chi connectivity index (χ1v) is 8.64. The van der Waals surface area contributed by atoms with E-state index in [1.807, 2.05) is 0 Å². The molecule has 6 nitrogen and oxygen atoms in total. The first kappa shape index (κ1) is 16.5. The second-order valence-corrected chi connectivity index (χ2v) is 6.62. The van der Waals surface area contributed by atoms with Crippen LogP contribution in [0.25, 0.3) is 0 Å². The van der Waals surface area contributed by atoms with Crippen LogP contribution >= 0.6 is 0 Å². The van der Waals surface area contributed by atoms with Crippen molar-refractivity contribution in [2.24, 2.45) is 11.8 Å². The Labute approximate surface area is 141 Å². The van der Waals surface area contributed by atoms with Crippen molar-refractivity contribution in [1.82, 2.24) is 10.9 Å². The molecule has 0 bridgehead atoms. The van der Waals surface area contributed by atoms with Gasteiger partial charge in [0.15, 0.2) is 0 Å². The van der Waals surface area contributed by atoms with Crippen LogP contribution in [0.4, 0.5) is 5.69 Å². The molecule has 0 unspecified atom stereocenters. The number of hydrogen-bond donors (Lipinski definition) is 3. The molecule has 0 saturated heterocycles. The predicted octanol–water partition coefficient (Wildman–Crippen LogP) is 2.38. The third-order valence-corrected chi connectivity index (χ3v) is 4.64. The summed E-state index contributed by atoms with van der Waals surface area (Å²) in [6.45, 7) is 0. The molecule has 2 saturated carbocycles. The quantitative estimate of drug-likeness (QED) is 0.741. The van der Waals surface area contributed by atoms with Crippen LogP contribution in [0.15, 0.2) is 24.3 Å². The summed E-state index contributed by atoms with van der Waals surface area (Å²) >= 11 is 0. The van der Waals surface area contributed by atoms with Gasteiger partial charge >= 0.3 is 0 Å². The number of hydrogen-bond acceptors (Lipinski definition) is 3. The molecule has 1 aromatic rings. The molecule has 3 rings (SSSR count). The van der Waals surface area contributed by atoms with Crippen molar-refractivity contribution in [1.29, 1.82) is 0 Å². The molecule has 0 spiro atoms. The lowest BCUT2D eigenvalue weighted by atomic mass is 9.89. The molecule has 0 heterocycles. The average molecular weight is 329 g/mol. The van der Waals surface area contributed by atoms with Gasteiger partial charge in [0.2, 0.25) is 11.8 Å². The normalized spacial score (nSPS) is 17.8. The molecule has 2 aliphatic rings. The minimum absolute atomic E-state index is 0.000868. The molecule has 128 valence electrons.